The van der Waals surface area contributed by atoms with E-state index in [2.05, 4.69) is 9.50 Å². The molecule has 0 bridgehead atoms. The van der Waals surface area contributed by atoms with Crippen LogP contribution in [0.15, 0.2) is 12.1 Å². The topological polar surface area (TPSA) is 64.6 Å². The number of nitrogens with one attached hydrogen (secondary N) is 1. The first-order valence-corrected chi connectivity index (χ1v) is 6.32. The van der Waals surface area contributed by atoms with Gasteiger partial charge in [-0.3, -0.25) is 0 Å². The average Bonchev–Trinajstić information content (AvgIpc) is 2.27. The minimum Gasteiger partial charge on any atom is -0.486 e. The lowest BCUT2D eigenvalue weighted by atomic mass is 10.2. The largest absolute Gasteiger partial charge is 0.534 e. The molecule has 1 heterocycles. The molecule has 0 aromatic heterocycles. The van der Waals surface area contributed by atoms with Crippen molar-refractivity contribution in [1.82, 2.24) is 0 Å². The fraction of sp³-hybridized carbons (Fsp3) is 0.333. The van der Waals surface area contributed by atoms with Crippen molar-refractivity contribution in [3.05, 3.63) is 17.9 Å². The maximum absolute atomic E-state index is 13.5. The third kappa shape index (κ3) is 2.67. The summed E-state index contributed by atoms with van der Waals surface area (Å²) < 4.78 is 80.1. The zero-order valence-corrected chi connectivity index (χ0v) is 9.94. The Hall–Kier alpha value is -1.71. The standard InChI is InChI=1S/C9H7F4NO4S/c10-6-3-5(18-19(15,16)9(11,12)13)4-7-8(6)17-2-1-14-7/h3-4,14H,1-2H2. The first kappa shape index (κ1) is 13.7. The zero-order chi connectivity index (χ0) is 14.3. The molecule has 0 saturated carbocycles. The second kappa shape index (κ2) is 4.44. The van der Waals surface area contributed by atoms with E-state index in [4.69, 9.17) is 4.74 Å². The van der Waals surface area contributed by atoms with E-state index in [1.54, 1.807) is 0 Å². The van der Waals surface area contributed by atoms with Crippen molar-refractivity contribution < 1.29 is 34.9 Å². The zero-order valence-electron chi connectivity index (χ0n) is 9.12. The van der Waals surface area contributed by atoms with Crippen LogP contribution < -0.4 is 14.2 Å². The number of hydrogen-bond donors (Lipinski definition) is 1. The van der Waals surface area contributed by atoms with Crippen LogP contribution in [0.5, 0.6) is 11.5 Å². The number of hydrogen-bond acceptors (Lipinski definition) is 5. The molecule has 0 fully saturated rings. The van der Waals surface area contributed by atoms with Gasteiger partial charge in [0.15, 0.2) is 11.6 Å². The molecule has 0 amide bonds. The van der Waals surface area contributed by atoms with E-state index in [9.17, 15) is 26.0 Å². The van der Waals surface area contributed by atoms with Crippen LogP contribution in [0.25, 0.3) is 0 Å². The fourth-order valence-electron chi connectivity index (χ4n) is 1.41. The summed E-state index contributed by atoms with van der Waals surface area (Å²) in [5, 5.41) is 2.65. The van der Waals surface area contributed by atoms with Gasteiger partial charge in [0.05, 0.1) is 5.69 Å². The van der Waals surface area contributed by atoms with Gasteiger partial charge in [0.25, 0.3) is 0 Å². The van der Waals surface area contributed by atoms with Gasteiger partial charge in [-0.2, -0.15) is 21.6 Å². The quantitative estimate of drug-likeness (QED) is 0.513. The minimum atomic E-state index is -5.83. The predicted octanol–water partition coefficient (Wildman–Crippen LogP) is 1.86. The molecule has 5 nitrogen and oxygen atoms in total. The normalized spacial score (nSPS) is 15.2. The number of rotatable bonds is 2. The van der Waals surface area contributed by atoms with Gasteiger partial charge in [-0.05, 0) is 0 Å². The van der Waals surface area contributed by atoms with Gasteiger partial charge in [0.2, 0.25) is 0 Å². The Bertz CT molecular complexity index is 599. The highest BCUT2D eigenvalue weighted by Crippen LogP contribution is 2.36. The first-order valence-electron chi connectivity index (χ1n) is 4.92. The second-order valence-electron chi connectivity index (χ2n) is 3.54. The number of fused-ring (bicyclic) bond motifs is 1. The number of anilines is 1. The van der Waals surface area contributed by atoms with Gasteiger partial charge in [-0.15, -0.1) is 0 Å². The second-order valence-corrected chi connectivity index (χ2v) is 5.08. The van der Waals surface area contributed by atoms with Crippen molar-refractivity contribution in [3.63, 3.8) is 0 Å². The van der Waals surface area contributed by atoms with Crippen molar-refractivity contribution in [2.45, 2.75) is 5.51 Å². The highest BCUT2D eigenvalue weighted by molar-refractivity contribution is 7.88. The lowest BCUT2D eigenvalue weighted by molar-refractivity contribution is -0.0500. The number of ether oxygens (including phenoxy) is 1. The van der Waals surface area contributed by atoms with Gasteiger partial charge < -0.3 is 14.2 Å². The summed E-state index contributed by atoms with van der Waals surface area (Å²) in [6.45, 7) is 0.493. The molecule has 0 radical (unpaired) electrons. The Kier molecular flexibility index (Phi) is 3.20. The molecule has 0 unspecified atom stereocenters. The SMILES string of the molecule is O=S(=O)(Oc1cc(F)c2c(c1)NCCO2)C(F)(F)F. The third-order valence-corrected chi connectivity index (χ3v) is 3.15. The lowest BCUT2D eigenvalue weighted by Gasteiger charge is -2.20. The minimum absolute atomic E-state index is 0.0265. The number of halogens is 4. The monoisotopic (exact) mass is 301 g/mol. The molecule has 106 valence electrons. The van der Waals surface area contributed by atoms with Gasteiger partial charge >= 0.3 is 15.6 Å². The molecule has 1 aromatic carbocycles. The van der Waals surface area contributed by atoms with Crippen molar-refractivity contribution >= 4 is 15.8 Å². The molecular weight excluding hydrogens is 294 g/mol. The Labute approximate surface area is 105 Å². The van der Waals surface area contributed by atoms with E-state index >= 15 is 0 Å². The molecule has 10 heteroatoms. The van der Waals surface area contributed by atoms with Crippen LogP contribution in [0.3, 0.4) is 0 Å². The molecule has 1 aromatic rings. The molecule has 1 aliphatic rings. The first-order chi connectivity index (χ1) is 8.71. The van der Waals surface area contributed by atoms with Gasteiger partial charge in [0.1, 0.15) is 12.4 Å². The highest BCUT2D eigenvalue weighted by atomic mass is 32.2. The average molecular weight is 301 g/mol. The van der Waals surface area contributed by atoms with E-state index in [0.717, 1.165) is 6.07 Å². The molecule has 1 N–H and O–H groups in total. The van der Waals surface area contributed by atoms with Crippen molar-refractivity contribution in [1.29, 1.82) is 0 Å². The Morgan fingerprint density at radius 2 is 2.00 bits per heavy atom. The van der Waals surface area contributed by atoms with Crippen LogP contribution in [0.4, 0.5) is 23.2 Å². The van der Waals surface area contributed by atoms with E-state index in [-0.39, 0.29) is 18.0 Å². The van der Waals surface area contributed by atoms with Crippen molar-refractivity contribution in [2.75, 3.05) is 18.5 Å². The van der Waals surface area contributed by atoms with Crippen LogP contribution in [0.1, 0.15) is 0 Å². The maximum atomic E-state index is 13.5. The summed E-state index contributed by atoms with van der Waals surface area (Å²) in [4.78, 5) is 0. The summed E-state index contributed by atoms with van der Waals surface area (Å²) in [5.74, 6) is -1.99. The summed E-state index contributed by atoms with van der Waals surface area (Å²) in [6, 6.07) is 1.43. The van der Waals surface area contributed by atoms with Gasteiger partial charge in [-0.1, -0.05) is 0 Å². The molecule has 0 aliphatic carbocycles. The molecule has 1 aliphatic heterocycles. The van der Waals surface area contributed by atoms with Crippen LogP contribution in [0.2, 0.25) is 0 Å². The van der Waals surface area contributed by atoms with Crippen LogP contribution in [0, 0.1) is 5.82 Å². The van der Waals surface area contributed by atoms with Gasteiger partial charge in [-0.25, -0.2) is 4.39 Å². The molecule has 0 atom stereocenters. The van der Waals surface area contributed by atoms with E-state index in [1.165, 1.54) is 0 Å². The summed E-state index contributed by atoms with van der Waals surface area (Å²) in [5.41, 5.74) is -5.55. The maximum Gasteiger partial charge on any atom is 0.534 e. The predicted molar refractivity (Wildman–Crippen MR) is 56.0 cm³/mol. The fourth-order valence-corrected chi connectivity index (χ4v) is 1.85. The third-order valence-electron chi connectivity index (χ3n) is 2.17. The van der Waals surface area contributed by atoms with E-state index in [0.29, 0.717) is 12.6 Å². The molecule has 0 spiro atoms. The molecule has 2 rings (SSSR count). The van der Waals surface area contributed by atoms with Crippen LogP contribution in [-0.4, -0.2) is 27.1 Å². The van der Waals surface area contributed by atoms with Crippen LogP contribution in [-0.2, 0) is 10.1 Å². The highest BCUT2D eigenvalue weighted by Gasteiger charge is 2.48. The van der Waals surface area contributed by atoms with E-state index < -0.39 is 27.2 Å². The lowest BCUT2D eigenvalue weighted by Crippen LogP contribution is -2.28. The molecule has 19 heavy (non-hydrogen) atoms. The number of alkyl halides is 3. The summed E-state index contributed by atoms with van der Waals surface area (Å²) in [6.07, 6.45) is 0. The van der Waals surface area contributed by atoms with Gasteiger partial charge in [0, 0.05) is 18.7 Å². The van der Waals surface area contributed by atoms with Crippen molar-refractivity contribution in [2.24, 2.45) is 0 Å². The number of benzene rings is 1. The Balaban J connectivity index is 2.35. The van der Waals surface area contributed by atoms with Crippen LogP contribution >= 0.6 is 0 Å². The van der Waals surface area contributed by atoms with Crippen molar-refractivity contribution in [3.8, 4) is 11.5 Å². The summed E-state index contributed by atoms with van der Waals surface area (Å²) in [7, 11) is -5.83. The van der Waals surface area contributed by atoms with E-state index in [1.807, 2.05) is 0 Å². The molecule has 0 saturated heterocycles. The Morgan fingerprint density at radius 1 is 1.32 bits per heavy atom. The smallest absolute Gasteiger partial charge is 0.486 e. The Morgan fingerprint density at radius 3 is 2.63 bits per heavy atom. The summed E-state index contributed by atoms with van der Waals surface area (Å²) >= 11 is 0. The molecular formula is C9H7F4NO4S.